The minimum Gasteiger partial charge on any atom is -0.366 e. The molecule has 1 fully saturated rings. The maximum Gasteiger partial charge on any atom is 0.263 e. The van der Waals surface area contributed by atoms with Crippen molar-refractivity contribution in [2.45, 2.75) is 11.3 Å². The van der Waals surface area contributed by atoms with Crippen LogP contribution in [-0.2, 0) is 0 Å². The predicted molar refractivity (Wildman–Crippen MR) is 94.0 cm³/mol. The fraction of sp³-hybridized carbons (Fsp3) is 0.294. The molecule has 1 aromatic heterocycles. The van der Waals surface area contributed by atoms with E-state index in [1.807, 2.05) is 34.9 Å². The van der Waals surface area contributed by atoms with E-state index in [1.165, 1.54) is 16.2 Å². The maximum atomic E-state index is 12.5. The molecule has 1 aromatic carbocycles. The standard InChI is InChI=1S/C17H18N2O2S2/c18-16(20)13-8-15(23-11-13)17(21)19-7-6-12(9-19)10-22-14-4-2-1-3-5-14/h1-5,8,11-12H,6-7,9-10H2,(H2,18,20). The number of likely N-dealkylation sites (tertiary alicyclic amines) is 1. The van der Waals surface area contributed by atoms with Crippen molar-refractivity contribution in [1.82, 2.24) is 4.90 Å². The van der Waals surface area contributed by atoms with E-state index in [0.717, 1.165) is 25.3 Å². The van der Waals surface area contributed by atoms with Crippen molar-refractivity contribution in [3.8, 4) is 0 Å². The number of amides is 2. The molecule has 0 aliphatic carbocycles. The molecule has 1 aliphatic heterocycles. The maximum absolute atomic E-state index is 12.5. The van der Waals surface area contributed by atoms with E-state index < -0.39 is 5.91 Å². The van der Waals surface area contributed by atoms with Crippen molar-refractivity contribution < 1.29 is 9.59 Å². The monoisotopic (exact) mass is 346 g/mol. The van der Waals surface area contributed by atoms with Gasteiger partial charge in [-0.15, -0.1) is 23.1 Å². The minimum absolute atomic E-state index is 0.00899. The molecule has 1 atom stereocenters. The van der Waals surface area contributed by atoms with E-state index in [2.05, 4.69) is 12.1 Å². The molecule has 1 unspecified atom stereocenters. The number of carbonyl (C=O) groups is 2. The second-order valence-corrected chi connectivity index (χ2v) is 7.60. The molecule has 0 radical (unpaired) electrons. The Labute approximate surface area is 143 Å². The zero-order chi connectivity index (χ0) is 16.2. The van der Waals surface area contributed by atoms with Crippen LogP contribution in [0.5, 0.6) is 0 Å². The number of nitrogens with zero attached hydrogens (tertiary/aromatic N) is 1. The number of thioether (sulfide) groups is 1. The Morgan fingerprint density at radius 2 is 2.09 bits per heavy atom. The quantitative estimate of drug-likeness (QED) is 0.846. The fourth-order valence-corrected chi connectivity index (χ4v) is 4.53. The lowest BCUT2D eigenvalue weighted by atomic mass is 10.2. The van der Waals surface area contributed by atoms with Gasteiger partial charge >= 0.3 is 0 Å². The summed E-state index contributed by atoms with van der Waals surface area (Å²) >= 11 is 3.13. The van der Waals surface area contributed by atoms with Gasteiger partial charge in [-0.05, 0) is 30.5 Å². The number of hydrogen-bond acceptors (Lipinski definition) is 4. The van der Waals surface area contributed by atoms with Crippen molar-refractivity contribution in [2.75, 3.05) is 18.8 Å². The van der Waals surface area contributed by atoms with Crippen LogP contribution >= 0.6 is 23.1 Å². The van der Waals surface area contributed by atoms with Gasteiger partial charge in [-0.25, -0.2) is 0 Å². The molecule has 4 nitrogen and oxygen atoms in total. The van der Waals surface area contributed by atoms with Crippen LogP contribution in [0, 0.1) is 5.92 Å². The first-order chi connectivity index (χ1) is 11.1. The van der Waals surface area contributed by atoms with Crippen molar-refractivity contribution in [3.05, 3.63) is 52.2 Å². The van der Waals surface area contributed by atoms with Crippen LogP contribution in [0.4, 0.5) is 0 Å². The highest BCUT2D eigenvalue weighted by Gasteiger charge is 2.28. The summed E-state index contributed by atoms with van der Waals surface area (Å²) in [6, 6.07) is 11.9. The first kappa shape index (κ1) is 16.1. The molecular weight excluding hydrogens is 328 g/mol. The van der Waals surface area contributed by atoms with Gasteiger partial charge in [-0.1, -0.05) is 18.2 Å². The Bertz CT molecular complexity index is 700. The summed E-state index contributed by atoms with van der Waals surface area (Å²) in [5.41, 5.74) is 5.65. The van der Waals surface area contributed by atoms with Crippen molar-refractivity contribution in [2.24, 2.45) is 11.7 Å². The molecule has 0 spiro atoms. The van der Waals surface area contributed by atoms with Crippen molar-refractivity contribution >= 4 is 34.9 Å². The van der Waals surface area contributed by atoms with Crippen LogP contribution in [0.2, 0.25) is 0 Å². The summed E-state index contributed by atoms with van der Waals surface area (Å²) in [6.45, 7) is 1.56. The largest absolute Gasteiger partial charge is 0.366 e. The normalized spacial score (nSPS) is 17.4. The van der Waals surface area contributed by atoms with E-state index in [1.54, 1.807) is 11.4 Å². The van der Waals surface area contributed by atoms with Gasteiger partial charge in [0, 0.05) is 29.1 Å². The van der Waals surface area contributed by atoms with Gasteiger partial charge in [-0.3, -0.25) is 9.59 Å². The van der Waals surface area contributed by atoms with Gasteiger partial charge < -0.3 is 10.6 Å². The van der Waals surface area contributed by atoms with Crippen LogP contribution in [0.25, 0.3) is 0 Å². The number of nitrogens with two attached hydrogens (primary N) is 1. The van der Waals surface area contributed by atoms with Crippen LogP contribution < -0.4 is 5.73 Å². The number of carbonyl (C=O) groups excluding carboxylic acids is 2. The Morgan fingerprint density at radius 3 is 2.78 bits per heavy atom. The predicted octanol–water partition coefficient (Wildman–Crippen LogP) is 3.10. The first-order valence-corrected chi connectivity index (χ1v) is 9.35. The molecule has 2 N–H and O–H groups in total. The molecule has 0 saturated carbocycles. The molecule has 2 heterocycles. The molecule has 0 bridgehead atoms. The molecule has 120 valence electrons. The number of rotatable bonds is 5. The van der Waals surface area contributed by atoms with Crippen molar-refractivity contribution in [1.29, 1.82) is 0 Å². The summed E-state index contributed by atoms with van der Waals surface area (Å²) in [4.78, 5) is 27.4. The van der Waals surface area contributed by atoms with Gasteiger partial charge in [0.25, 0.3) is 5.91 Å². The molecule has 6 heteroatoms. The lowest BCUT2D eigenvalue weighted by Gasteiger charge is -2.15. The van der Waals surface area contributed by atoms with Crippen LogP contribution in [0.15, 0.2) is 46.7 Å². The van der Waals surface area contributed by atoms with Gasteiger partial charge in [-0.2, -0.15) is 0 Å². The molecule has 2 amide bonds. The summed E-state index contributed by atoms with van der Waals surface area (Å²) in [5, 5.41) is 1.65. The fourth-order valence-electron chi connectivity index (χ4n) is 2.62. The van der Waals surface area contributed by atoms with Crippen LogP contribution in [-0.4, -0.2) is 35.6 Å². The Kier molecular flexibility index (Phi) is 5.03. The molecule has 3 rings (SSSR count). The third kappa shape index (κ3) is 3.95. The van der Waals surface area contributed by atoms with Gasteiger partial charge in [0.15, 0.2) is 0 Å². The molecule has 1 saturated heterocycles. The van der Waals surface area contributed by atoms with Crippen molar-refractivity contribution in [3.63, 3.8) is 0 Å². The third-order valence-electron chi connectivity index (χ3n) is 3.90. The number of primary amides is 1. The average molecular weight is 346 g/mol. The lowest BCUT2D eigenvalue weighted by molar-refractivity contribution is 0.0793. The highest BCUT2D eigenvalue weighted by Crippen LogP contribution is 2.27. The number of hydrogen-bond donors (Lipinski definition) is 1. The highest BCUT2D eigenvalue weighted by molar-refractivity contribution is 7.99. The van der Waals surface area contributed by atoms with Crippen LogP contribution in [0.1, 0.15) is 26.5 Å². The van der Waals surface area contributed by atoms with Gasteiger partial charge in [0.2, 0.25) is 5.91 Å². The van der Waals surface area contributed by atoms with Gasteiger partial charge in [0.1, 0.15) is 0 Å². The third-order valence-corrected chi connectivity index (χ3v) is 6.06. The molecule has 1 aliphatic rings. The van der Waals surface area contributed by atoms with E-state index in [-0.39, 0.29) is 5.91 Å². The lowest BCUT2D eigenvalue weighted by Crippen LogP contribution is -2.28. The van der Waals surface area contributed by atoms with Crippen LogP contribution in [0.3, 0.4) is 0 Å². The average Bonchev–Trinajstić information content (AvgIpc) is 3.23. The summed E-state index contributed by atoms with van der Waals surface area (Å²) in [7, 11) is 0. The SMILES string of the molecule is NC(=O)c1csc(C(=O)N2CCC(CSc3ccccc3)C2)c1. The molecular formula is C17H18N2O2S2. The summed E-state index contributed by atoms with van der Waals surface area (Å²) in [5.74, 6) is 1.05. The Morgan fingerprint density at radius 1 is 1.30 bits per heavy atom. The van der Waals surface area contributed by atoms with E-state index >= 15 is 0 Å². The molecule has 23 heavy (non-hydrogen) atoms. The Balaban J connectivity index is 1.54. The first-order valence-electron chi connectivity index (χ1n) is 7.49. The molecule has 2 aromatic rings. The minimum atomic E-state index is -0.487. The van der Waals surface area contributed by atoms with E-state index in [9.17, 15) is 9.59 Å². The smallest absolute Gasteiger partial charge is 0.263 e. The van der Waals surface area contributed by atoms with E-state index in [0.29, 0.717) is 16.4 Å². The summed E-state index contributed by atoms with van der Waals surface area (Å²) < 4.78 is 0. The zero-order valence-electron chi connectivity index (χ0n) is 12.6. The number of benzene rings is 1. The highest BCUT2D eigenvalue weighted by atomic mass is 32.2. The zero-order valence-corrected chi connectivity index (χ0v) is 14.2. The topological polar surface area (TPSA) is 63.4 Å². The Hall–Kier alpha value is -1.79. The van der Waals surface area contributed by atoms with E-state index in [4.69, 9.17) is 5.73 Å². The second-order valence-electron chi connectivity index (χ2n) is 5.59. The van der Waals surface area contributed by atoms with Gasteiger partial charge in [0.05, 0.1) is 10.4 Å². The second kappa shape index (κ2) is 7.19. The number of thiophene rings is 1. The summed E-state index contributed by atoms with van der Waals surface area (Å²) in [6.07, 6.45) is 1.03.